The minimum atomic E-state index is -0.315. The number of nitrogens with zero attached hydrogens (tertiary/aromatic N) is 6. The number of H-pyrrole nitrogens is 1. The molecule has 1 N–H and O–H groups in total. The van der Waals surface area contributed by atoms with Crippen molar-refractivity contribution in [3.05, 3.63) is 41.2 Å². The van der Waals surface area contributed by atoms with Gasteiger partial charge in [0.25, 0.3) is 0 Å². The third-order valence-electron chi connectivity index (χ3n) is 9.83. The van der Waals surface area contributed by atoms with Crippen molar-refractivity contribution in [3.63, 3.8) is 0 Å². The molecule has 2 saturated carbocycles. The topological polar surface area (TPSA) is 90.4 Å². The van der Waals surface area contributed by atoms with Crippen LogP contribution in [0.1, 0.15) is 69.7 Å². The monoisotopic (exact) mass is 575 g/mol. The highest BCUT2D eigenvalue weighted by Crippen LogP contribution is 2.58. The summed E-state index contributed by atoms with van der Waals surface area (Å²) in [4.78, 5) is 30.7. The van der Waals surface area contributed by atoms with E-state index in [1.807, 2.05) is 22.9 Å². The highest BCUT2D eigenvalue weighted by molar-refractivity contribution is 6.36. The van der Waals surface area contributed by atoms with Crippen molar-refractivity contribution >= 4 is 40.1 Å². The molecule has 2 aromatic heterocycles. The van der Waals surface area contributed by atoms with E-state index in [1.54, 1.807) is 6.92 Å². The summed E-state index contributed by atoms with van der Waals surface area (Å²) < 4.78 is 2.32. The molecule has 0 unspecified atom stereocenters. The smallest absolute Gasteiger partial charge is 0.245 e. The van der Waals surface area contributed by atoms with Gasteiger partial charge in [-0.1, -0.05) is 18.2 Å². The van der Waals surface area contributed by atoms with Gasteiger partial charge in [0.05, 0.1) is 34.0 Å². The van der Waals surface area contributed by atoms with Crippen molar-refractivity contribution < 1.29 is 9.59 Å². The molecule has 0 bridgehead atoms. The molecule has 2 aliphatic carbocycles. The highest BCUT2D eigenvalue weighted by atomic mass is 35.5. The maximum absolute atomic E-state index is 12.3. The lowest BCUT2D eigenvalue weighted by Gasteiger charge is -2.58. The SMILES string of the molecule is C=CC(=O)N1CC2(CC(n3nc(N4CCN(C(C)=O)CC4(C)C)c(-c4c(Cl)c(C)cc5[nH]ncc45)c3C3CC3)C2)C1. The predicted molar refractivity (Wildman–Crippen MR) is 160 cm³/mol. The molecule has 9 nitrogen and oxygen atoms in total. The highest BCUT2D eigenvalue weighted by Gasteiger charge is 2.55. The summed E-state index contributed by atoms with van der Waals surface area (Å²) >= 11 is 7.18. The Hall–Kier alpha value is -3.33. The number of rotatable bonds is 5. The average Bonchev–Trinajstić information content (AvgIpc) is 3.50. The summed E-state index contributed by atoms with van der Waals surface area (Å²) in [6.07, 6.45) is 7.59. The number of benzene rings is 1. The molecule has 10 heteroatoms. The maximum atomic E-state index is 12.3. The van der Waals surface area contributed by atoms with Crippen LogP contribution in [0.5, 0.6) is 0 Å². The van der Waals surface area contributed by atoms with Gasteiger partial charge < -0.3 is 14.7 Å². The Labute approximate surface area is 245 Å². The number of carbonyl (C=O) groups excluding carboxylic acids is 2. The van der Waals surface area contributed by atoms with E-state index < -0.39 is 0 Å². The number of fused-ring (bicyclic) bond motifs is 1. The van der Waals surface area contributed by atoms with Crippen molar-refractivity contribution in [1.82, 2.24) is 29.8 Å². The van der Waals surface area contributed by atoms with Crippen LogP contribution in [0.25, 0.3) is 22.0 Å². The zero-order valence-electron chi connectivity index (χ0n) is 24.3. The summed E-state index contributed by atoms with van der Waals surface area (Å²) in [5.41, 5.74) is 5.24. The van der Waals surface area contributed by atoms with Crippen LogP contribution in [0.4, 0.5) is 5.82 Å². The number of carbonyl (C=O) groups is 2. The molecular formula is C31H38ClN7O2. The van der Waals surface area contributed by atoms with Gasteiger partial charge in [-0.3, -0.25) is 19.4 Å². The van der Waals surface area contributed by atoms with Gasteiger partial charge in [-0.25, -0.2) is 0 Å². The second-order valence-electron chi connectivity index (χ2n) is 13.4. The number of hydrogen-bond acceptors (Lipinski definition) is 5. The van der Waals surface area contributed by atoms with Gasteiger partial charge in [0.2, 0.25) is 11.8 Å². The Morgan fingerprint density at radius 2 is 1.85 bits per heavy atom. The van der Waals surface area contributed by atoms with Gasteiger partial charge >= 0.3 is 0 Å². The van der Waals surface area contributed by atoms with E-state index >= 15 is 0 Å². The molecule has 7 rings (SSSR count). The molecule has 2 amide bonds. The first-order chi connectivity index (χ1) is 19.5. The molecule has 216 valence electrons. The lowest BCUT2D eigenvalue weighted by atomic mass is 9.60. The third-order valence-corrected chi connectivity index (χ3v) is 10.3. The maximum Gasteiger partial charge on any atom is 0.245 e. The standard InChI is InChI=1S/C31H38ClN7O2/c1-6-24(41)37-16-31(17-37)12-21(13-31)39-28(20-7-8-20)26(25-22-14-33-34-23(22)11-18(2)27(25)32)29(35-39)38-10-9-36(19(3)40)15-30(38,4)5/h6,11,14,20-21H,1,7-10,12-13,15-17H2,2-5H3,(H,33,34). The Morgan fingerprint density at radius 3 is 2.49 bits per heavy atom. The van der Waals surface area contributed by atoms with Crippen molar-refractivity contribution in [2.75, 3.05) is 37.6 Å². The molecule has 2 aliphatic heterocycles. The predicted octanol–water partition coefficient (Wildman–Crippen LogP) is 5.06. The number of aromatic nitrogens is 4. The first-order valence-electron chi connectivity index (χ1n) is 14.7. The molecule has 2 saturated heterocycles. The summed E-state index contributed by atoms with van der Waals surface area (Å²) in [7, 11) is 0. The van der Waals surface area contributed by atoms with Crippen LogP contribution in [0.2, 0.25) is 5.02 Å². The fourth-order valence-corrected chi connectivity index (χ4v) is 7.82. The molecule has 4 heterocycles. The molecule has 1 aromatic carbocycles. The van der Waals surface area contributed by atoms with Gasteiger partial charge in [-0.05, 0) is 64.2 Å². The lowest BCUT2D eigenvalue weighted by molar-refractivity contribution is -0.149. The van der Waals surface area contributed by atoms with Crippen LogP contribution in [0.15, 0.2) is 24.9 Å². The minimum Gasteiger partial charge on any atom is -0.346 e. The van der Waals surface area contributed by atoms with E-state index in [9.17, 15) is 9.59 Å². The number of likely N-dealkylation sites (tertiary alicyclic amines) is 1. The van der Waals surface area contributed by atoms with E-state index in [4.69, 9.17) is 16.7 Å². The Kier molecular flexibility index (Phi) is 5.88. The number of aromatic amines is 1. The lowest BCUT2D eigenvalue weighted by Crippen LogP contribution is -2.63. The second-order valence-corrected chi connectivity index (χ2v) is 13.8. The van der Waals surface area contributed by atoms with Gasteiger partial charge in [0.15, 0.2) is 5.82 Å². The summed E-state index contributed by atoms with van der Waals surface area (Å²) in [6.45, 7) is 15.3. The van der Waals surface area contributed by atoms with Crippen LogP contribution in [0.3, 0.4) is 0 Å². The van der Waals surface area contributed by atoms with Crippen LogP contribution in [-0.2, 0) is 9.59 Å². The quantitative estimate of drug-likeness (QED) is 0.429. The number of nitrogens with one attached hydrogen (secondary N) is 1. The molecule has 3 aromatic rings. The summed E-state index contributed by atoms with van der Waals surface area (Å²) in [5, 5.41) is 14.8. The Morgan fingerprint density at radius 1 is 1.12 bits per heavy atom. The molecule has 41 heavy (non-hydrogen) atoms. The summed E-state index contributed by atoms with van der Waals surface area (Å²) in [6, 6.07) is 2.34. The third kappa shape index (κ3) is 4.10. The van der Waals surface area contributed by atoms with Crippen molar-refractivity contribution in [2.45, 2.75) is 70.9 Å². The van der Waals surface area contributed by atoms with Gasteiger partial charge in [0, 0.05) is 67.5 Å². The molecule has 1 spiro atoms. The van der Waals surface area contributed by atoms with Gasteiger partial charge in [0.1, 0.15) is 0 Å². The first-order valence-corrected chi connectivity index (χ1v) is 15.1. The fourth-order valence-electron chi connectivity index (χ4n) is 7.57. The number of aryl methyl sites for hydroxylation is 1. The van der Waals surface area contributed by atoms with Crippen LogP contribution >= 0.6 is 11.6 Å². The van der Waals surface area contributed by atoms with E-state index in [0.29, 0.717) is 25.6 Å². The summed E-state index contributed by atoms with van der Waals surface area (Å²) in [5.74, 6) is 1.51. The molecule has 0 radical (unpaired) electrons. The first kappa shape index (κ1) is 26.6. The number of piperazine rings is 1. The molecule has 4 aliphatic rings. The number of anilines is 1. The largest absolute Gasteiger partial charge is 0.346 e. The molecule has 4 fully saturated rings. The van der Waals surface area contributed by atoms with Crippen LogP contribution < -0.4 is 4.90 Å². The van der Waals surface area contributed by atoms with Gasteiger partial charge in [-0.2, -0.15) is 10.2 Å². The average molecular weight is 576 g/mol. The minimum absolute atomic E-state index is 0.0200. The molecular weight excluding hydrogens is 538 g/mol. The van der Waals surface area contributed by atoms with Crippen LogP contribution in [-0.4, -0.2) is 79.9 Å². The van der Waals surface area contributed by atoms with Gasteiger partial charge in [-0.15, -0.1) is 0 Å². The Balaban J connectivity index is 1.36. The zero-order valence-corrected chi connectivity index (χ0v) is 25.1. The zero-order chi connectivity index (χ0) is 28.8. The number of amides is 2. The number of halogens is 1. The van der Waals surface area contributed by atoms with Crippen LogP contribution in [0, 0.1) is 12.3 Å². The van der Waals surface area contributed by atoms with Crippen molar-refractivity contribution in [1.29, 1.82) is 0 Å². The van der Waals surface area contributed by atoms with E-state index in [0.717, 1.165) is 77.2 Å². The normalized spacial score (nSPS) is 21.7. The van der Waals surface area contributed by atoms with E-state index in [-0.39, 0.29) is 28.8 Å². The second kappa shape index (κ2) is 9.08. The van der Waals surface area contributed by atoms with Crippen molar-refractivity contribution in [2.24, 2.45) is 5.41 Å². The Bertz CT molecular complexity index is 1590. The van der Waals surface area contributed by atoms with E-state index in [2.05, 4.69) is 46.3 Å². The molecule has 0 atom stereocenters. The number of hydrogen-bond donors (Lipinski definition) is 1. The van der Waals surface area contributed by atoms with E-state index in [1.165, 1.54) is 11.8 Å². The van der Waals surface area contributed by atoms with Crippen molar-refractivity contribution in [3.8, 4) is 11.1 Å². The fraction of sp³-hybridized carbons (Fsp3) is 0.548.